The number of hydrogen-bond donors (Lipinski definition) is 0. The first-order valence-electron chi connectivity index (χ1n) is 7.41. The molecule has 0 N–H and O–H groups in total. The molecule has 0 amide bonds. The normalized spacial score (nSPS) is 12.0. The Hall–Kier alpha value is -2.75. The highest BCUT2D eigenvalue weighted by Gasteiger charge is 2.23. The fraction of sp³-hybridized carbons (Fsp3) is 0.118. The molecule has 3 rings (SSSR count). The molecular formula is C17H11F5N2O2S. The SMILES string of the molecule is CS(=O)(=O)c1cc(F)c(-n2nc(C(F)F)cc2-c2ccc(F)cc2)cc1F. The Morgan fingerprint density at radius 3 is 2.15 bits per heavy atom. The van der Waals surface area contributed by atoms with Gasteiger partial charge in [-0.05, 0) is 36.4 Å². The third-order valence-electron chi connectivity index (χ3n) is 3.72. The van der Waals surface area contributed by atoms with Gasteiger partial charge in [-0.25, -0.2) is 35.1 Å². The summed E-state index contributed by atoms with van der Waals surface area (Å²) in [4.78, 5) is -0.867. The summed E-state index contributed by atoms with van der Waals surface area (Å²) in [7, 11) is -4.04. The maximum atomic E-state index is 14.5. The summed E-state index contributed by atoms with van der Waals surface area (Å²) < 4.78 is 91.7. The number of halogens is 5. The van der Waals surface area contributed by atoms with Gasteiger partial charge in [-0.15, -0.1) is 0 Å². The van der Waals surface area contributed by atoms with Crippen molar-refractivity contribution >= 4 is 9.84 Å². The molecule has 142 valence electrons. The molecule has 0 aliphatic heterocycles. The Kier molecular flexibility index (Phi) is 4.77. The first-order valence-corrected chi connectivity index (χ1v) is 9.30. The van der Waals surface area contributed by atoms with Crippen LogP contribution in [-0.2, 0) is 9.84 Å². The van der Waals surface area contributed by atoms with Gasteiger partial charge in [0.1, 0.15) is 33.7 Å². The molecule has 10 heteroatoms. The van der Waals surface area contributed by atoms with Crippen molar-refractivity contribution in [3.63, 3.8) is 0 Å². The van der Waals surface area contributed by atoms with Crippen molar-refractivity contribution in [3.8, 4) is 16.9 Å². The van der Waals surface area contributed by atoms with E-state index in [1.54, 1.807) is 0 Å². The number of rotatable bonds is 4. The lowest BCUT2D eigenvalue weighted by atomic mass is 10.1. The average Bonchev–Trinajstić information content (AvgIpc) is 3.01. The fourth-order valence-electron chi connectivity index (χ4n) is 2.48. The zero-order chi connectivity index (χ0) is 19.9. The van der Waals surface area contributed by atoms with Gasteiger partial charge >= 0.3 is 0 Å². The van der Waals surface area contributed by atoms with Crippen LogP contribution >= 0.6 is 0 Å². The van der Waals surface area contributed by atoms with E-state index in [4.69, 9.17) is 0 Å². The van der Waals surface area contributed by atoms with Crippen molar-refractivity contribution in [1.82, 2.24) is 9.78 Å². The number of sulfone groups is 1. The molecule has 1 heterocycles. The highest BCUT2D eigenvalue weighted by atomic mass is 32.2. The van der Waals surface area contributed by atoms with E-state index in [-0.39, 0.29) is 11.3 Å². The molecule has 1 aromatic heterocycles. The number of nitrogens with zero attached hydrogens (tertiary/aromatic N) is 2. The van der Waals surface area contributed by atoms with E-state index in [9.17, 15) is 30.4 Å². The van der Waals surface area contributed by atoms with Gasteiger partial charge in [0, 0.05) is 17.9 Å². The minimum atomic E-state index is -4.04. The van der Waals surface area contributed by atoms with Crippen molar-refractivity contribution in [1.29, 1.82) is 0 Å². The summed E-state index contributed by atoms with van der Waals surface area (Å²) in [5, 5.41) is 3.59. The maximum absolute atomic E-state index is 14.5. The summed E-state index contributed by atoms with van der Waals surface area (Å²) in [6, 6.07) is 6.63. The molecule has 0 aliphatic rings. The van der Waals surface area contributed by atoms with Crippen molar-refractivity contribution in [2.45, 2.75) is 11.3 Å². The minimum absolute atomic E-state index is 0.0456. The van der Waals surface area contributed by atoms with E-state index in [1.165, 1.54) is 12.1 Å². The molecular weight excluding hydrogens is 391 g/mol. The average molecular weight is 402 g/mol. The second-order valence-electron chi connectivity index (χ2n) is 5.68. The van der Waals surface area contributed by atoms with Crippen LogP contribution in [0.1, 0.15) is 12.1 Å². The highest BCUT2D eigenvalue weighted by Crippen LogP contribution is 2.30. The monoisotopic (exact) mass is 402 g/mol. The lowest BCUT2D eigenvalue weighted by molar-refractivity contribution is 0.145. The van der Waals surface area contributed by atoms with E-state index < -0.39 is 50.0 Å². The van der Waals surface area contributed by atoms with Crippen molar-refractivity contribution in [2.24, 2.45) is 0 Å². The zero-order valence-corrected chi connectivity index (χ0v) is 14.4. The van der Waals surface area contributed by atoms with Crippen molar-refractivity contribution in [2.75, 3.05) is 6.26 Å². The standard InChI is InChI=1S/C17H11F5N2O2S/c1-27(25,26)16-7-11(19)15(6-12(16)20)24-14(8-13(23-24)17(21)22)9-2-4-10(18)5-3-9/h2-8,17H,1H3. The summed E-state index contributed by atoms with van der Waals surface area (Å²) in [6.45, 7) is 0. The van der Waals surface area contributed by atoms with Gasteiger partial charge in [0.05, 0.1) is 5.69 Å². The first kappa shape index (κ1) is 19.0. The summed E-state index contributed by atoms with van der Waals surface area (Å²) in [5.41, 5.74) is -1.09. The molecule has 0 atom stereocenters. The van der Waals surface area contributed by atoms with Crippen LogP contribution in [-0.4, -0.2) is 24.5 Å². The van der Waals surface area contributed by atoms with Gasteiger partial charge in [0.15, 0.2) is 9.84 Å². The molecule has 0 unspecified atom stereocenters. The Balaban J connectivity index is 2.25. The molecule has 4 nitrogen and oxygen atoms in total. The lowest BCUT2D eigenvalue weighted by Crippen LogP contribution is -2.08. The van der Waals surface area contributed by atoms with E-state index in [1.807, 2.05) is 0 Å². The topological polar surface area (TPSA) is 52.0 Å². The maximum Gasteiger partial charge on any atom is 0.282 e. The van der Waals surface area contributed by atoms with Crippen LogP contribution in [0.4, 0.5) is 22.0 Å². The molecule has 3 aromatic rings. The molecule has 0 fully saturated rings. The lowest BCUT2D eigenvalue weighted by Gasteiger charge is -2.11. The van der Waals surface area contributed by atoms with E-state index >= 15 is 0 Å². The minimum Gasteiger partial charge on any atom is -0.230 e. The smallest absolute Gasteiger partial charge is 0.230 e. The molecule has 0 bridgehead atoms. The number of benzene rings is 2. The summed E-state index contributed by atoms with van der Waals surface area (Å²) in [5.74, 6) is -3.01. The third-order valence-corrected chi connectivity index (χ3v) is 4.83. The molecule has 2 aromatic carbocycles. The second kappa shape index (κ2) is 6.76. The highest BCUT2D eigenvalue weighted by molar-refractivity contribution is 7.90. The van der Waals surface area contributed by atoms with Crippen LogP contribution in [0, 0.1) is 17.5 Å². The Bertz CT molecular complexity index is 1110. The molecule has 0 spiro atoms. The fourth-order valence-corrected chi connectivity index (χ4v) is 3.21. The van der Waals surface area contributed by atoms with Crippen molar-refractivity contribution < 1.29 is 30.4 Å². The Morgan fingerprint density at radius 2 is 1.59 bits per heavy atom. The van der Waals surface area contributed by atoms with Crippen LogP contribution < -0.4 is 0 Å². The van der Waals surface area contributed by atoms with Gasteiger partial charge < -0.3 is 0 Å². The van der Waals surface area contributed by atoms with E-state index in [0.29, 0.717) is 18.4 Å². The van der Waals surface area contributed by atoms with Gasteiger partial charge in [-0.1, -0.05) is 0 Å². The second-order valence-corrected chi connectivity index (χ2v) is 7.66. The van der Waals surface area contributed by atoms with Crippen LogP contribution in [0.5, 0.6) is 0 Å². The predicted octanol–water partition coefficient (Wildman–Crippen LogP) is 4.30. The van der Waals surface area contributed by atoms with Crippen LogP contribution in [0.3, 0.4) is 0 Å². The molecule has 0 radical (unpaired) electrons. The largest absolute Gasteiger partial charge is 0.282 e. The van der Waals surface area contributed by atoms with Crippen molar-refractivity contribution in [3.05, 3.63) is 65.6 Å². The zero-order valence-electron chi connectivity index (χ0n) is 13.6. The number of hydrogen-bond acceptors (Lipinski definition) is 3. The van der Waals surface area contributed by atoms with E-state index in [0.717, 1.165) is 22.9 Å². The third kappa shape index (κ3) is 3.70. The molecule has 27 heavy (non-hydrogen) atoms. The quantitative estimate of drug-likeness (QED) is 0.612. The summed E-state index contributed by atoms with van der Waals surface area (Å²) >= 11 is 0. The first-order chi connectivity index (χ1) is 12.6. The number of alkyl halides is 2. The Labute approximate surface area is 150 Å². The predicted molar refractivity (Wildman–Crippen MR) is 86.9 cm³/mol. The van der Waals surface area contributed by atoms with Crippen LogP contribution in [0.2, 0.25) is 0 Å². The van der Waals surface area contributed by atoms with Crippen LogP contribution in [0.15, 0.2) is 47.4 Å². The molecule has 0 saturated heterocycles. The Morgan fingerprint density at radius 1 is 0.963 bits per heavy atom. The van der Waals surface area contributed by atoms with Gasteiger partial charge in [0.2, 0.25) is 0 Å². The van der Waals surface area contributed by atoms with Crippen LogP contribution in [0.25, 0.3) is 16.9 Å². The van der Waals surface area contributed by atoms with Gasteiger partial charge in [-0.2, -0.15) is 5.10 Å². The number of aromatic nitrogens is 2. The summed E-state index contributed by atoms with van der Waals surface area (Å²) in [6.07, 6.45) is -2.29. The van der Waals surface area contributed by atoms with Gasteiger partial charge in [-0.3, -0.25) is 0 Å². The van der Waals surface area contributed by atoms with E-state index in [2.05, 4.69) is 5.10 Å². The van der Waals surface area contributed by atoms with Gasteiger partial charge in [0.25, 0.3) is 6.43 Å². The molecule has 0 aliphatic carbocycles. The molecule has 0 saturated carbocycles.